The van der Waals surface area contributed by atoms with Crippen LogP contribution in [0.2, 0.25) is 5.02 Å². The number of rotatable bonds is 2. The summed E-state index contributed by atoms with van der Waals surface area (Å²) in [4.78, 5) is 12.4. The van der Waals surface area contributed by atoms with Crippen LogP contribution in [0.1, 0.15) is 24.8 Å². The fourth-order valence-corrected chi connectivity index (χ4v) is 2.83. The molecule has 1 aromatic carbocycles. The number of benzene rings is 1. The summed E-state index contributed by atoms with van der Waals surface area (Å²) >= 11 is 6.22. The van der Waals surface area contributed by atoms with Crippen LogP contribution >= 0.6 is 11.6 Å². The first-order chi connectivity index (χ1) is 8.12. The molecule has 0 aromatic heterocycles. The van der Waals surface area contributed by atoms with Gasteiger partial charge in [-0.3, -0.25) is 4.79 Å². The van der Waals surface area contributed by atoms with E-state index in [-0.39, 0.29) is 5.78 Å². The minimum atomic E-state index is -0.687. The van der Waals surface area contributed by atoms with Crippen LogP contribution in [-0.2, 0) is 10.3 Å². The number of carbonyl (C=O) groups is 1. The van der Waals surface area contributed by atoms with E-state index in [1.54, 1.807) is 7.05 Å². The van der Waals surface area contributed by atoms with Crippen LogP contribution in [0.4, 0.5) is 0 Å². The monoisotopic (exact) mass is 249 g/mol. The predicted octanol–water partition coefficient (Wildman–Crippen LogP) is 3.06. The number of hydrogen-bond acceptors (Lipinski definition) is 2. The number of Topliss-reactive ketones (excluding diaryl/α,β-unsaturated/α-hetero) is 1. The lowest BCUT2D eigenvalue weighted by molar-refractivity contribution is -0.123. The van der Waals surface area contributed by atoms with Crippen molar-refractivity contribution in [3.63, 3.8) is 0 Å². The third kappa shape index (κ3) is 1.92. The Morgan fingerprint density at radius 3 is 2.76 bits per heavy atom. The lowest BCUT2D eigenvalue weighted by Gasteiger charge is -2.37. The first kappa shape index (κ1) is 12.3. The molecule has 1 N–H and O–H groups in total. The van der Waals surface area contributed by atoms with Crippen LogP contribution < -0.4 is 5.32 Å². The molecule has 2 rings (SSSR count). The van der Waals surface area contributed by atoms with Crippen molar-refractivity contribution >= 4 is 17.4 Å². The van der Waals surface area contributed by atoms with E-state index in [0.29, 0.717) is 10.6 Å². The molecule has 0 saturated heterocycles. The van der Waals surface area contributed by atoms with Crippen LogP contribution in [-0.4, -0.2) is 12.8 Å². The molecule has 0 bridgehead atoms. The van der Waals surface area contributed by atoms with Gasteiger partial charge >= 0.3 is 0 Å². The van der Waals surface area contributed by atoms with E-state index in [1.165, 1.54) is 0 Å². The zero-order chi connectivity index (χ0) is 12.5. The third-order valence-corrected chi connectivity index (χ3v) is 3.83. The average Bonchev–Trinajstić information content (AvgIpc) is 2.34. The lowest BCUT2D eigenvalue weighted by Crippen LogP contribution is -2.50. The average molecular weight is 250 g/mol. The number of carbonyl (C=O) groups excluding carboxylic acids is 1. The molecule has 1 aliphatic rings. The van der Waals surface area contributed by atoms with Crippen LogP contribution in [0.25, 0.3) is 0 Å². The van der Waals surface area contributed by atoms with E-state index in [9.17, 15) is 4.79 Å². The van der Waals surface area contributed by atoms with Gasteiger partial charge in [0.15, 0.2) is 5.78 Å². The summed E-state index contributed by atoms with van der Waals surface area (Å²) in [6.07, 6.45) is 2.51. The first-order valence-electron chi connectivity index (χ1n) is 5.78. The highest BCUT2D eigenvalue weighted by Gasteiger charge is 2.42. The Labute approximate surface area is 107 Å². The van der Waals surface area contributed by atoms with Gasteiger partial charge in [-0.05, 0) is 43.5 Å². The first-order valence-corrected chi connectivity index (χ1v) is 6.16. The van der Waals surface area contributed by atoms with Crippen molar-refractivity contribution in [3.8, 4) is 0 Å². The van der Waals surface area contributed by atoms with Gasteiger partial charge in [0.2, 0.25) is 0 Å². The summed E-state index contributed by atoms with van der Waals surface area (Å²) < 4.78 is 0. The molecule has 2 nitrogen and oxygen atoms in total. The van der Waals surface area contributed by atoms with Gasteiger partial charge in [-0.15, -0.1) is 0 Å². The summed E-state index contributed by atoms with van der Waals surface area (Å²) in [5, 5.41) is 3.79. The normalized spacial score (nSPS) is 25.1. The molecule has 0 aliphatic heterocycles. The van der Waals surface area contributed by atoms with Crippen LogP contribution in [0.5, 0.6) is 0 Å². The maximum Gasteiger partial charge on any atom is 0.182 e. The van der Waals surface area contributed by atoms with Gasteiger partial charge in [0.05, 0.1) is 0 Å². The summed E-state index contributed by atoms with van der Waals surface area (Å²) in [5.74, 6) is 0.0688. The van der Waals surface area contributed by atoms with Crippen LogP contribution in [0.15, 0.2) is 36.4 Å². The lowest BCUT2D eigenvalue weighted by atomic mass is 9.74. The Morgan fingerprint density at radius 1 is 1.41 bits per heavy atom. The summed E-state index contributed by atoms with van der Waals surface area (Å²) in [6.45, 7) is 3.86. The minimum absolute atomic E-state index is 0.0688. The highest BCUT2D eigenvalue weighted by atomic mass is 35.5. The second kappa shape index (κ2) is 4.63. The topological polar surface area (TPSA) is 29.1 Å². The molecule has 0 heterocycles. The maximum atomic E-state index is 12.4. The molecule has 1 saturated carbocycles. The molecule has 0 radical (unpaired) electrons. The molecule has 1 aromatic rings. The van der Waals surface area contributed by atoms with Crippen molar-refractivity contribution in [1.29, 1.82) is 0 Å². The number of halogens is 1. The zero-order valence-electron chi connectivity index (χ0n) is 9.92. The molecule has 17 heavy (non-hydrogen) atoms. The molecule has 1 unspecified atom stereocenters. The standard InChI is InChI=1S/C14H16ClNO/c1-10-6-5-9-14(16-2,13(10)17)11-7-3-4-8-12(11)15/h3-4,7-8,16H,1,5-6,9H2,2H3. The van der Waals surface area contributed by atoms with Gasteiger partial charge in [0.1, 0.15) is 5.54 Å². The van der Waals surface area contributed by atoms with Crippen molar-refractivity contribution in [2.45, 2.75) is 24.8 Å². The van der Waals surface area contributed by atoms with Crippen molar-refractivity contribution < 1.29 is 4.79 Å². The minimum Gasteiger partial charge on any atom is -0.304 e. The second-order valence-electron chi connectivity index (χ2n) is 4.42. The SMILES string of the molecule is C=C1CCCC(NC)(c2ccccc2Cl)C1=O. The van der Waals surface area contributed by atoms with Gasteiger partial charge in [0.25, 0.3) is 0 Å². The molecular formula is C14H16ClNO. The van der Waals surface area contributed by atoms with Gasteiger partial charge in [-0.2, -0.15) is 0 Å². The summed E-state index contributed by atoms with van der Waals surface area (Å²) in [6, 6.07) is 7.51. The van der Waals surface area contributed by atoms with E-state index in [4.69, 9.17) is 11.6 Å². The number of likely N-dealkylation sites (N-methyl/N-ethyl adjacent to an activating group) is 1. The maximum absolute atomic E-state index is 12.4. The van der Waals surface area contributed by atoms with E-state index < -0.39 is 5.54 Å². The van der Waals surface area contributed by atoms with Crippen molar-refractivity contribution in [1.82, 2.24) is 5.32 Å². The van der Waals surface area contributed by atoms with Crippen LogP contribution in [0, 0.1) is 0 Å². The van der Waals surface area contributed by atoms with Crippen molar-refractivity contribution in [3.05, 3.63) is 47.0 Å². The third-order valence-electron chi connectivity index (χ3n) is 3.50. The second-order valence-corrected chi connectivity index (χ2v) is 4.83. The number of hydrogen-bond donors (Lipinski definition) is 1. The van der Waals surface area contributed by atoms with E-state index in [2.05, 4.69) is 11.9 Å². The molecule has 3 heteroatoms. The fraction of sp³-hybridized carbons (Fsp3) is 0.357. The van der Waals surface area contributed by atoms with Crippen LogP contribution in [0.3, 0.4) is 0 Å². The Morgan fingerprint density at radius 2 is 2.12 bits per heavy atom. The van der Waals surface area contributed by atoms with Crippen molar-refractivity contribution in [2.75, 3.05) is 7.05 Å². The molecular weight excluding hydrogens is 234 g/mol. The molecule has 90 valence electrons. The highest BCUT2D eigenvalue weighted by Crippen LogP contribution is 2.38. The molecule has 1 aliphatic carbocycles. The summed E-state index contributed by atoms with van der Waals surface area (Å²) in [7, 11) is 1.81. The Kier molecular flexibility index (Phi) is 3.36. The highest BCUT2D eigenvalue weighted by molar-refractivity contribution is 6.32. The van der Waals surface area contributed by atoms with E-state index in [0.717, 1.165) is 24.8 Å². The zero-order valence-corrected chi connectivity index (χ0v) is 10.7. The molecule has 1 fully saturated rings. The predicted molar refractivity (Wildman–Crippen MR) is 70.2 cm³/mol. The fourth-order valence-electron chi connectivity index (χ4n) is 2.53. The smallest absolute Gasteiger partial charge is 0.182 e. The van der Waals surface area contributed by atoms with Gasteiger partial charge in [-0.1, -0.05) is 36.4 Å². The molecule has 0 spiro atoms. The van der Waals surface area contributed by atoms with Gasteiger partial charge in [0, 0.05) is 5.02 Å². The molecule has 1 atom stereocenters. The summed E-state index contributed by atoms with van der Waals surface area (Å²) in [5.41, 5.74) is 0.855. The van der Waals surface area contributed by atoms with Crippen molar-refractivity contribution in [2.24, 2.45) is 0 Å². The molecule has 0 amide bonds. The Balaban J connectivity index is 2.54. The van der Waals surface area contributed by atoms with E-state index >= 15 is 0 Å². The quantitative estimate of drug-likeness (QED) is 0.817. The largest absolute Gasteiger partial charge is 0.304 e. The van der Waals surface area contributed by atoms with Gasteiger partial charge < -0.3 is 5.32 Å². The van der Waals surface area contributed by atoms with E-state index in [1.807, 2.05) is 24.3 Å². The Bertz CT molecular complexity index is 469. The number of nitrogens with one attached hydrogen (secondary N) is 1. The van der Waals surface area contributed by atoms with Gasteiger partial charge in [-0.25, -0.2) is 0 Å². The number of ketones is 1. The Hall–Kier alpha value is -1.12.